The van der Waals surface area contributed by atoms with Gasteiger partial charge in [0.15, 0.2) is 0 Å². The zero-order chi connectivity index (χ0) is 24.2. The molecule has 1 aliphatic heterocycles. The molecule has 1 N–H and O–H groups in total. The maximum absolute atomic E-state index is 13.4. The summed E-state index contributed by atoms with van der Waals surface area (Å²) >= 11 is 0. The average molecular weight is 456 g/mol. The molecule has 1 aliphatic rings. The van der Waals surface area contributed by atoms with Gasteiger partial charge in [-0.2, -0.15) is 0 Å². The second-order valence-corrected chi connectivity index (χ2v) is 9.75. The Hall–Kier alpha value is -3.03. The highest BCUT2D eigenvalue weighted by molar-refractivity contribution is 5.98. The Morgan fingerprint density at radius 2 is 2.06 bits per heavy atom. The third-order valence-corrected chi connectivity index (χ3v) is 5.73. The van der Waals surface area contributed by atoms with Crippen LogP contribution in [0.4, 0.5) is 16.2 Å². The minimum Gasteiger partial charge on any atom is -0.444 e. The summed E-state index contributed by atoms with van der Waals surface area (Å²) in [7, 11) is 3.73. The van der Waals surface area contributed by atoms with Crippen LogP contribution in [-0.4, -0.2) is 46.8 Å². The molecule has 8 heteroatoms. The first-order chi connectivity index (χ1) is 15.6. The molecule has 3 rings (SSSR count). The first-order valence-corrected chi connectivity index (χ1v) is 11.7. The maximum atomic E-state index is 13.4. The fourth-order valence-electron chi connectivity index (χ4n) is 4.03. The molecule has 0 fully saturated rings. The van der Waals surface area contributed by atoms with Crippen molar-refractivity contribution in [2.75, 3.05) is 23.4 Å². The predicted octanol–water partition coefficient (Wildman–Crippen LogP) is 4.03. The van der Waals surface area contributed by atoms with Gasteiger partial charge in [0, 0.05) is 38.2 Å². The Bertz CT molecular complexity index is 979. The van der Waals surface area contributed by atoms with Gasteiger partial charge in [0.25, 0.3) is 0 Å². The fraction of sp³-hybridized carbons (Fsp3) is 0.560. The third-order valence-electron chi connectivity index (χ3n) is 5.73. The molecule has 8 nitrogen and oxygen atoms in total. The SMILES string of the molecule is CCCC[C@H](NC(=O)OC(C)(C)C)C(=O)N(C)c1ccc2c(c1)N(Cc1cn(C)cn1)CC2. The van der Waals surface area contributed by atoms with Crippen LogP contribution >= 0.6 is 0 Å². The Balaban J connectivity index is 1.75. The number of hydrogen-bond donors (Lipinski definition) is 1. The molecule has 0 aliphatic carbocycles. The van der Waals surface area contributed by atoms with Gasteiger partial charge in [0.05, 0.1) is 18.6 Å². The number of carbonyl (C=O) groups excluding carboxylic acids is 2. The second kappa shape index (κ2) is 10.3. The molecule has 0 bridgehead atoms. The zero-order valence-electron chi connectivity index (χ0n) is 20.7. The van der Waals surface area contributed by atoms with E-state index in [1.54, 1.807) is 11.9 Å². The van der Waals surface area contributed by atoms with Crippen molar-refractivity contribution < 1.29 is 14.3 Å². The van der Waals surface area contributed by atoms with E-state index in [2.05, 4.69) is 34.3 Å². The molecule has 1 aromatic carbocycles. The number of unbranched alkanes of at least 4 members (excludes halogenated alkanes) is 1. The standard InChI is InChI=1S/C25H37N5O3/c1-7-8-9-21(27-24(32)33-25(2,3)4)23(31)29(6)20-11-10-18-12-13-30(22(18)14-20)16-19-15-28(5)17-26-19/h10-11,14-15,17,21H,7-9,12-13,16H2,1-6H3,(H,27,32)/t21-/m0/s1. The third kappa shape index (κ3) is 6.49. The number of carbonyl (C=O) groups is 2. The number of ether oxygens (including phenoxy) is 1. The lowest BCUT2D eigenvalue weighted by Gasteiger charge is -2.27. The Morgan fingerprint density at radius 1 is 1.30 bits per heavy atom. The van der Waals surface area contributed by atoms with Gasteiger partial charge in [-0.05, 0) is 51.3 Å². The number of hydrogen-bond acceptors (Lipinski definition) is 5. The number of rotatable bonds is 8. The van der Waals surface area contributed by atoms with Crippen LogP contribution in [0.25, 0.3) is 0 Å². The van der Waals surface area contributed by atoms with Crippen LogP contribution < -0.4 is 15.1 Å². The number of anilines is 2. The minimum atomic E-state index is -0.636. The Morgan fingerprint density at radius 3 is 2.70 bits per heavy atom. The molecule has 0 unspecified atom stereocenters. The summed E-state index contributed by atoms with van der Waals surface area (Å²) in [6.45, 7) is 9.14. The number of aromatic nitrogens is 2. The number of likely N-dealkylation sites (N-methyl/N-ethyl adjacent to an activating group) is 1. The number of amides is 2. The van der Waals surface area contributed by atoms with E-state index in [0.29, 0.717) is 6.42 Å². The van der Waals surface area contributed by atoms with Gasteiger partial charge >= 0.3 is 6.09 Å². The molecule has 2 aromatic rings. The van der Waals surface area contributed by atoms with Crippen molar-refractivity contribution in [2.45, 2.75) is 71.6 Å². The van der Waals surface area contributed by atoms with E-state index >= 15 is 0 Å². The molecule has 1 atom stereocenters. The first-order valence-electron chi connectivity index (χ1n) is 11.7. The number of fused-ring (bicyclic) bond motifs is 1. The van der Waals surface area contributed by atoms with Crippen LogP contribution in [0.3, 0.4) is 0 Å². The van der Waals surface area contributed by atoms with E-state index in [1.807, 2.05) is 51.0 Å². The largest absolute Gasteiger partial charge is 0.444 e. The van der Waals surface area contributed by atoms with Crippen molar-refractivity contribution in [3.8, 4) is 0 Å². The number of alkyl carbamates (subject to hydrolysis) is 1. The summed E-state index contributed by atoms with van der Waals surface area (Å²) < 4.78 is 7.33. The van der Waals surface area contributed by atoms with Crippen LogP contribution in [-0.2, 0) is 29.5 Å². The molecular formula is C25H37N5O3. The van der Waals surface area contributed by atoms with E-state index < -0.39 is 17.7 Å². The van der Waals surface area contributed by atoms with E-state index in [9.17, 15) is 9.59 Å². The Labute approximate surface area is 196 Å². The average Bonchev–Trinajstić information content (AvgIpc) is 3.34. The van der Waals surface area contributed by atoms with Crippen LogP contribution in [0.2, 0.25) is 0 Å². The quantitative estimate of drug-likeness (QED) is 0.650. The molecular weight excluding hydrogens is 418 g/mol. The van der Waals surface area contributed by atoms with Crippen molar-refractivity contribution in [1.29, 1.82) is 0 Å². The van der Waals surface area contributed by atoms with E-state index in [0.717, 1.165) is 49.4 Å². The number of imidazole rings is 1. The maximum Gasteiger partial charge on any atom is 0.408 e. The van der Waals surface area contributed by atoms with Gasteiger partial charge in [0.1, 0.15) is 11.6 Å². The van der Waals surface area contributed by atoms with Crippen LogP contribution in [0, 0.1) is 0 Å². The van der Waals surface area contributed by atoms with Crippen molar-refractivity contribution in [3.63, 3.8) is 0 Å². The number of nitrogens with zero attached hydrogens (tertiary/aromatic N) is 4. The molecule has 1 aromatic heterocycles. The van der Waals surface area contributed by atoms with Crippen LogP contribution in [0.15, 0.2) is 30.7 Å². The van der Waals surface area contributed by atoms with E-state index in [1.165, 1.54) is 5.56 Å². The van der Waals surface area contributed by atoms with Gasteiger partial charge in [-0.1, -0.05) is 25.8 Å². The summed E-state index contributed by atoms with van der Waals surface area (Å²) in [6, 6.07) is 5.50. The summed E-state index contributed by atoms with van der Waals surface area (Å²) in [4.78, 5) is 34.1. The normalized spacial score (nSPS) is 14.1. The number of nitrogens with one attached hydrogen (secondary N) is 1. The van der Waals surface area contributed by atoms with Gasteiger partial charge < -0.3 is 24.4 Å². The molecule has 33 heavy (non-hydrogen) atoms. The van der Waals surface area contributed by atoms with Crippen molar-refractivity contribution in [3.05, 3.63) is 42.0 Å². The smallest absolute Gasteiger partial charge is 0.408 e. The number of aryl methyl sites for hydroxylation is 1. The van der Waals surface area contributed by atoms with Gasteiger partial charge in [-0.15, -0.1) is 0 Å². The molecule has 0 spiro atoms. The highest BCUT2D eigenvalue weighted by Crippen LogP contribution is 2.33. The lowest BCUT2D eigenvalue weighted by Crippen LogP contribution is -2.48. The minimum absolute atomic E-state index is 0.150. The topological polar surface area (TPSA) is 79.7 Å². The molecule has 180 valence electrons. The summed E-state index contributed by atoms with van der Waals surface area (Å²) in [5.74, 6) is -0.150. The van der Waals surface area contributed by atoms with Crippen molar-refractivity contribution >= 4 is 23.4 Å². The summed E-state index contributed by atoms with van der Waals surface area (Å²) in [5, 5.41) is 2.78. The van der Waals surface area contributed by atoms with Gasteiger partial charge in [-0.25, -0.2) is 9.78 Å². The summed E-state index contributed by atoms with van der Waals surface area (Å²) in [5.41, 5.74) is 3.60. The van der Waals surface area contributed by atoms with E-state index in [4.69, 9.17) is 4.74 Å². The lowest BCUT2D eigenvalue weighted by molar-refractivity contribution is -0.120. The molecule has 0 saturated heterocycles. The number of benzene rings is 1. The van der Waals surface area contributed by atoms with Crippen molar-refractivity contribution in [1.82, 2.24) is 14.9 Å². The lowest BCUT2D eigenvalue weighted by atomic mass is 10.1. The summed E-state index contributed by atoms with van der Waals surface area (Å²) in [6.07, 6.45) is 6.57. The van der Waals surface area contributed by atoms with Crippen molar-refractivity contribution in [2.24, 2.45) is 7.05 Å². The van der Waals surface area contributed by atoms with E-state index in [-0.39, 0.29) is 5.91 Å². The fourth-order valence-corrected chi connectivity index (χ4v) is 4.03. The molecule has 0 radical (unpaired) electrons. The van der Waals surface area contributed by atoms with Gasteiger partial charge in [-0.3, -0.25) is 4.79 Å². The predicted molar refractivity (Wildman–Crippen MR) is 130 cm³/mol. The Kier molecular flexibility index (Phi) is 7.66. The molecule has 0 saturated carbocycles. The highest BCUT2D eigenvalue weighted by Gasteiger charge is 2.28. The monoisotopic (exact) mass is 455 g/mol. The van der Waals surface area contributed by atoms with Gasteiger partial charge in [0.2, 0.25) is 5.91 Å². The van der Waals surface area contributed by atoms with Crippen LogP contribution in [0.1, 0.15) is 58.2 Å². The van der Waals surface area contributed by atoms with Crippen LogP contribution in [0.5, 0.6) is 0 Å². The molecule has 2 heterocycles. The zero-order valence-corrected chi connectivity index (χ0v) is 20.7. The first kappa shape index (κ1) is 24.6. The molecule has 2 amide bonds. The second-order valence-electron chi connectivity index (χ2n) is 9.75. The highest BCUT2D eigenvalue weighted by atomic mass is 16.6.